The summed E-state index contributed by atoms with van der Waals surface area (Å²) in [4.78, 5) is 12.3. The van der Waals surface area contributed by atoms with Crippen LogP contribution in [0.3, 0.4) is 0 Å². The van der Waals surface area contributed by atoms with Gasteiger partial charge in [-0.05, 0) is 29.0 Å². The summed E-state index contributed by atoms with van der Waals surface area (Å²) in [5, 5.41) is 11.3. The molecule has 6 heteroatoms. The number of carbonyl (C=O) groups is 1. The predicted molar refractivity (Wildman–Crippen MR) is 95.8 cm³/mol. The van der Waals surface area contributed by atoms with Gasteiger partial charge in [-0.2, -0.15) is 5.10 Å². The highest BCUT2D eigenvalue weighted by Crippen LogP contribution is 2.27. The Morgan fingerprint density at radius 3 is 2.62 bits per heavy atom. The maximum absolute atomic E-state index is 13.7. The van der Waals surface area contributed by atoms with Gasteiger partial charge in [-0.25, -0.2) is 8.78 Å². The van der Waals surface area contributed by atoms with Crippen LogP contribution < -0.4 is 5.32 Å². The zero-order valence-electron chi connectivity index (χ0n) is 13.5. The van der Waals surface area contributed by atoms with Gasteiger partial charge in [0.05, 0.1) is 11.4 Å². The Morgan fingerprint density at radius 2 is 1.77 bits per heavy atom. The molecule has 0 unspecified atom stereocenters. The number of aromatic nitrogens is 2. The summed E-state index contributed by atoms with van der Waals surface area (Å²) in [7, 11) is 0. The van der Waals surface area contributed by atoms with Crippen molar-refractivity contribution in [1.82, 2.24) is 10.2 Å². The number of benzene rings is 3. The van der Waals surface area contributed by atoms with Gasteiger partial charge < -0.3 is 5.32 Å². The number of nitrogens with one attached hydrogen (secondary N) is 2. The van der Waals surface area contributed by atoms with E-state index in [1.807, 2.05) is 42.5 Å². The van der Waals surface area contributed by atoms with E-state index >= 15 is 0 Å². The molecule has 0 spiro atoms. The van der Waals surface area contributed by atoms with E-state index in [0.29, 0.717) is 11.8 Å². The van der Waals surface area contributed by atoms with Gasteiger partial charge in [-0.3, -0.25) is 9.89 Å². The first kappa shape index (κ1) is 16.0. The monoisotopic (exact) mass is 349 g/mol. The van der Waals surface area contributed by atoms with E-state index in [0.717, 1.165) is 22.4 Å². The summed E-state index contributed by atoms with van der Waals surface area (Å²) in [6, 6.07) is 18.2. The van der Waals surface area contributed by atoms with Crippen molar-refractivity contribution in [2.75, 3.05) is 5.32 Å². The zero-order valence-corrected chi connectivity index (χ0v) is 13.5. The number of nitrogens with zero attached hydrogens (tertiary/aromatic N) is 1. The van der Waals surface area contributed by atoms with Crippen LogP contribution in [0.5, 0.6) is 0 Å². The van der Waals surface area contributed by atoms with Crippen molar-refractivity contribution in [2.24, 2.45) is 0 Å². The number of fused-ring (bicyclic) bond motifs is 1. The fourth-order valence-electron chi connectivity index (χ4n) is 2.81. The molecule has 4 aromatic rings. The lowest BCUT2D eigenvalue weighted by atomic mass is 10.0. The molecule has 0 saturated carbocycles. The Kier molecular flexibility index (Phi) is 3.93. The highest BCUT2D eigenvalue weighted by molar-refractivity contribution is 6.04. The van der Waals surface area contributed by atoms with Crippen molar-refractivity contribution in [1.29, 1.82) is 0 Å². The third-order valence-corrected chi connectivity index (χ3v) is 4.07. The number of amides is 1. The quantitative estimate of drug-likeness (QED) is 0.560. The number of rotatable bonds is 3. The molecule has 0 aliphatic rings. The second kappa shape index (κ2) is 6.40. The zero-order chi connectivity index (χ0) is 18.1. The Balaban J connectivity index is 1.64. The molecule has 3 aromatic carbocycles. The van der Waals surface area contributed by atoms with Crippen molar-refractivity contribution in [2.45, 2.75) is 0 Å². The summed E-state index contributed by atoms with van der Waals surface area (Å²) in [6.45, 7) is 0. The number of hydrogen-bond acceptors (Lipinski definition) is 2. The van der Waals surface area contributed by atoms with Gasteiger partial charge in [0.25, 0.3) is 5.91 Å². The summed E-state index contributed by atoms with van der Waals surface area (Å²) < 4.78 is 26.6. The largest absolute Gasteiger partial charge is 0.318 e. The van der Waals surface area contributed by atoms with E-state index in [2.05, 4.69) is 15.5 Å². The normalized spacial score (nSPS) is 10.8. The van der Waals surface area contributed by atoms with Crippen LogP contribution >= 0.6 is 0 Å². The number of H-pyrrole nitrogens is 1. The van der Waals surface area contributed by atoms with Crippen LogP contribution in [0.25, 0.3) is 22.0 Å². The molecule has 0 bridgehead atoms. The summed E-state index contributed by atoms with van der Waals surface area (Å²) in [5.74, 6) is -2.11. The molecule has 26 heavy (non-hydrogen) atoms. The third-order valence-electron chi connectivity index (χ3n) is 4.07. The molecule has 0 aliphatic carbocycles. The SMILES string of the molecule is O=C(Nc1ccc(F)cc1F)c1cc(-c2cccc3ccccc23)n[nH]1. The van der Waals surface area contributed by atoms with Crippen molar-refractivity contribution < 1.29 is 13.6 Å². The van der Waals surface area contributed by atoms with Crippen molar-refractivity contribution in [3.8, 4) is 11.3 Å². The van der Waals surface area contributed by atoms with Crippen LogP contribution in [0.1, 0.15) is 10.5 Å². The van der Waals surface area contributed by atoms with Crippen LogP contribution in [0.15, 0.2) is 66.7 Å². The number of halogens is 2. The average molecular weight is 349 g/mol. The van der Waals surface area contributed by atoms with Crippen LogP contribution in [-0.4, -0.2) is 16.1 Å². The standard InChI is InChI=1S/C20H13F2N3O/c21-13-8-9-17(16(22)10-13)23-20(26)19-11-18(24-25-19)15-7-3-5-12-4-1-2-6-14(12)15/h1-11H,(H,23,26)(H,24,25). The Bertz CT molecular complexity index is 1120. The number of aromatic amines is 1. The van der Waals surface area contributed by atoms with Gasteiger partial charge in [-0.1, -0.05) is 42.5 Å². The molecule has 128 valence electrons. The molecule has 0 fully saturated rings. The second-order valence-electron chi connectivity index (χ2n) is 5.77. The minimum Gasteiger partial charge on any atom is -0.318 e. The van der Waals surface area contributed by atoms with E-state index in [4.69, 9.17) is 0 Å². The number of anilines is 1. The first-order chi connectivity index (χ1) is 12.6. The molecular weight excluding hydrogens is 336 g/mol. The lowest BCUT2D eigenvalue weighted by Gasteiger charge is -2.04. The smallest absolute Gasteiger partial charge is 0.273 e. The average Bonchev–Trinajstić information content (AvgIpc) is 3.13. The van der Waals surface area contributed by atoms with Crippen molar-refractivity contribution in [3.63, 3.8) is 0 Å². The Labute approximate surface area is 147 Å². The molecule has 0 atom stereocenters. The fraction of sp³-hybridized carbons (Fsp3) is 0. The molecule has 0 aliphatic heterocycles. The summed E-state index contributed by atoms with van der Waals surface area (Å²) in [5.41, 5.74) is 1.56. The van der Waals surface area contributed by atoms with Crippen LogP contribution in [0.4, 0.5) is 14.5 Å². The minimum absolute atomic E-state index is 0.0993. The second-order valence-corrected chi connectivity index (χ2v) is 5.77. The Hall–Kier alpha value is -3.54. The van der Waals surface area contributed by atoms with E-state index in [1.54, 1.807) is 6.07 Å². The van der Waals surface area contributed by atoms with Gasteiger partial charge >= 0.3 is 0 Å². The van der Waals surface area contributed by atoms with Gasteiger partial charge in [0.15, 0.2) is 0 Å². The van der Waals surface area contributed by atoms with E-state index in [1.165, 1.54) is 6.07 Å². The molecule has 0 saturated heterocycles. The summed E-state index contributed by atoms with van der Waals surface area (Å²) in [6.07, 6.45) is 0. The third kappa shape index (κ3) is 2.93. The van der Waals surface area contributed by atoms with Gasteiger partial charge in [0.2, 0.25) is 0 Å². The highest BCUT2D eigenvalue weighted by Gasteiger charge is 2.14. The fourth-order valence-corrected chi connectivity index (χ4v) is 2.81. The molecule has 0 radical (unpaired) electrons. The molecule has 1 amide bonds. The molecule has 1 aromatic heterocycles. The summed E-state index contributed by atoms with van der Waals surface area (Å²) >= 11 is 0. The van der Waals surface area contributed by atoms with Crippen LogP contribution in [0.2, 0.25) is 0 Å². The maximum Gasteiger partial charge on any atom is 0.273 e. The molecule has 4 nitrogen and oxygen atoms in total. The first-order valence-corrected chi connectivity index (χ1v) is 7.92. The number of hydrogen-bond donors (Lipinski definition) is 2. The molecule has 2 N–H and O–H groups in total. The molecule has 1 heterocycles. The van der Waals surface area contributed by atoms with E-state index in [-0.39, 0.29) is 11.4 Å². The molecular formula is C20H13F2N3O. The molecule has 4 rings (SSSR count). The lowest BCUT2D eigenvalue weighted by molar-refractivity contribution is 0.102. The first-order valence-electron chi connectivity index (χ1n) is 7.92. The predicted octanol–water partition coefficient (Wildman–Crippen LogP) is 4.76. The van der Waals surface area contributed by atoms with Gasteiger partial charge in [0, 0.05) is 11.6 Å². The lowest BCUT2D eigenvalue weighted by Crippen LogP contribution is -2.13. The van der Waals surface area contributed by atoms with Crippen molar-refractivity contribution >= 4 is 22.4 Å². The van der Waals surface area contributed by atoms with E-state index < -0.39 is 17.5 Å². The highest BCUT2D eigenvalue weighted by atomic mass is 19.1. The van der Waals surface area contributed by atoms with Crippen molar-refractivity contribution in [3.05, 3.63) is 84.1 Å². The maximum atomic E-state index is 13.7. The van der Waals surface area contributed by atoms with E-state index in [9.17, 15) is 13.6 Å². The minimum atomic E-state index is -0.841. The van der Waals surface area contributed by atoms with Crippen LogP contribution in [-0.2, 0) is 0 Å². The van der Waals surface area contributed by atoms with Gasteiger partial charge in [-0.15, -0.1) is 0 Å². The Morgan fingerprint density at radius 1 is 0.962 bits per heavy atom. The van der Waals surface area contributed by atoms with Gasteiger partial charge in [0.1, 0.15) is 17.3 Å². The van der Waals surface area contributed by atoms with Crippen LogP contribution in [0, 0.1) is 11.6 Å². The number of carbonyl (C=O) groups excluding carboxylic acids is 1. The topological polar surface area (TPSA) is 57.8 Å².